The third kappa shape index (κ3) is 44.5. The minimum Gasteiger partial charge on any atom is -0.466 e. The number of ketones is 1. The number of ether oxygens (including phenoxy) is 2. The molecule has 0 spiro atoms. The number of aliphatic hydroxyl groups excluding tert-OH is 1. The molecule has 460 valence electrons. The minimum atomic E-state index is -1.04. The van der Waals surface area contributed by atoms with E-state index in [2.05, 4.69) is 55.1 Å². The van der Waals surface area contributed by atoms with Crippen molar-refractivity contribution in [1.82, 2.24) is 20.4 Å². The van der Waals surface area contributed by atoms with Crippen LogP contribution in [0.1, 0.15) is 336 Å². The molecule has 0 aromatic heterocycles. The number of carbonyl (C=O) groups is 3. The Morgan fingerprint density at radius 3 is 1.14 bits per heavy atom. The van der Waals surface area contributed by atoms with Crippen LogP contribution in [0.3, 0.4) is 0 Å². The highest BCUT2D eigenvalue weighted by molar-refractivity contribution is 6.07. The summed E-state index contributed by atoms with van der Waals surface area (Å²) in [6, 6.07) is 0. The number of hydrogen-bond acceptors (Lipinski definition) is 10. The van der Waals surface area contributed by atoms with Crippen LogP contribution in [0.5, 0.6) is 0 Å². The summed E-state index contributed by atoms with van der Waals surface area (Å²) in [5, 5.41) is 17.5. The predicted octanol–water partition coefficient (Wildman–Crippen LogP) is 17.8. The number of nitrogens with one attached hydrogen (secondary N) is 2. The molecule has 0 amide bonds. The highest BCUT2D eigenvalue weighted by Crippen LogP contribution is 2.22. The second-order valence-corrected chi connectivity index (χ2v) is 23.9. The van der Waals surface area contributed by atoms with Crippen molar-refractivity contribution >= 4 is 17.7 Å². The van der Waals surface area contributed by atoms with E-state index in [0.717, 1.165) is 135 Å². The quantitative estimate of drug-likeness (QED) is 0.0401. The molecule has 1 aliphatic carbocycles. The molecule has 0 aromatic rings. The normalized spacial score (nSPS) is 13.6. The fourth-order valence-electron chi connectivity index (χ4n) is 11.2. The molecule has 0 heterocycles. The third-order valence-corrected chi connectivity index (χ3v) is 16.4. The molecule has 1 unspecified atom stereocenters. The van der Waals surface area contributed by atoms with Gasteiger partial charge in [0.2, 0.25) is 5.78 Å². The lowest BCUT2D eigenvalue weighted by atomic mass is 9.95. The van der Waals surface area contributed by atoms with Gasteiger partial charge in [-0.2, -0.15) is 0 Å². The van der Waals surface area contributed by atoms with Gasteiger partial charge in [-0.1, -0.05) is 240 Å². The molecule has 0 aromatic carbocycles. The van der Waals surface area contributed by atoms with Gasteiger partial charge < -0.3 is 35.0 Å². The first-order chi connectivity index (χ1) is 38.3. The number of Topliss-reactive ketones (excluding diaryl/α,β-unsaturated/α-hetero) is 1. The maximum atomic E-state index is 13.0. The van der Waals surface area contributed by atoms with Crippen LogP contribution in [-0.2, 0) is 23.9 Å². The molecular formula is C68H132N4O6. The summed E-state index contributed by atoms with van der Waals surface area (Å²) >= 11 is 0. The molecule has 1 rings (SSSR count). The molecule has 1 atom stereocenters. The average Bonchev–Trinajstić information content (AvgIpc) is 3.48. The second-order valence-electron chi connectivity index (χ2n) is 23.9. The monoisotopic (exact) mass is 1100 g/mol. The van der Waals surface area contributed by atoms with Crippen molar-refractivity contribution in [1.29, 1.82) is 0 Å². The van der Waals surface area contributed by atoms with E-state index in [1.54, 1.807) is 0 Å². The van der Waals surface area contributed by atoms with Gasteiger partial charge in [0.15, 0.2) is 6.10 Å². The average molecular weight is 1100 g/mol. The Hall–Kier alpha value is -2.17. The first-order valence-corrected chi connectivity index (χ1v) is 34.5. The molecule has 10 nitrogen and oxygen atoms in total. The Morgan fingerprint density at radius 2 is 0.731 bits per heavy atom. The molecule has 0 fully saturated rings. The predicted molar refractivity (Wildman–Crippen MR) is 333 cm³/mol. The molecule has 10 heteroatoms. The van der Waals surface area contributed by atoms with Crippen molar-refractivity contribution in [2.45, 2.75) is 349 Å². The van der Waals surface area contributed by atoms with Gasteiger partial charge in [-0.05, 0) is 123 Å². The summed E-state index contributed by atoms with van der Waals surface area (Å²) in [6.07, 6.45) is 54.5. The van der Waals surface area contributed by atoms with Crippen LogP contribution in [0, 0.1) is 0 Å². The van der Waals surface area contributed by atoms with Gasteiger partial charge in [0, 0.05) is 25.9 Å². The van der Waals surface area contributed by atoms with Gasteiger partial charge in [-0.15, -0.1) is 0 Å². The Bertz CT molecular complexity index is 1350. The number of aliphatic hydroxyl groups is 1. The SMILES string of the molecule is CCCCCCCCCOC(=O)CCCCCCCN(CCCCCCCC(=O)OC(CCCCCCCC)CCCCCCCC)CCCNC1=C(NCCCN(CCCCCCCC)CCCCCCCC)C(O)C1=O. The van der Waals surface area contributed by atoms with Gasteiger partial charge >= 0.3 is 11.9 Å². The number of rotatable bonds is 63. The Balaban J connectivity index is 2.64. The van der Waals surface area contributed by atoms with Gasteiger partial charge in [0.1, 0.15) is 11.8 Å². The molecule has 0 aliphatic heterocycles. The Kier molecular flexibility index (Phi) is 53.7. The number of unbranched alkanes of at least 4 members (excludes halogenated alkanes) is 34. The molecule has 78 heavy (non-hydrogen) atoms. The fourth-order valence-corrected chi connectivity index (χ4v) is 11.2. The largest absolute Gasteiger partial charge is 0.466 e. The first-order valence-electron chi connectivity index (χ1n) is 34.5. The highest BCUT2D eigenvalue weighted by Gasteiger charge is 2.37. The number of hydrogen-bond donors (Lipinski definition) is 3. The van der Waals surface area contributed by atoms with Crippen molar-refractivity contribution in [3.05, 3.63) is 11.4 Å². The summed E-state index contributed by atoms with van der Waals surface area (Å²) in [7, 11) is 0. The zero-order valence-corrected chi connectivity index (χ0v) is 52.6. The standard InChI is InChI=1S/C68H132N4O6/c1-6-11-16-21-26-37-46-61-77-63(73)51-40-31-27-35-44-57-72(58-45-36-28-32-41-52-64(74)78-62(49-38-29-22-17-12-7-2)50-39-30-23-18-13-8-3)60-48-54-70-66-65(67(75)68(66)76)69-53-47-59-71(55-42-33-24-19-14-9-4)56-43-34-25-20-15-10-5/h62,67,69-70,75H,6-61H2,1-5H3. The summed E-state index contributed by atoms with van der Waals surface area (Å²) in [6.45, 7) is 19.8. The smallest absolute Gasteiger partial charge is 0.306 e. The van der Waals surface area contributed by atoms with Crippen molar-refractivity contribution in [2.24, 2.45) is 0 Å². The third-order valence-electron chi connectivity index (χ3n) is 16.4. The summed E-state index contributed by atoms with van der Waals surface area (Å²) < 4.78 is 11.6. The molecule has 0 saturated heterocycles. The highest BCUT2D eigenvalue weighted by atomic mass is 16.5. The molecule has 0 bridgehead atoms. The number of carbonyl (C=O) groups excluding carboxylic acids is 3. The molecule has 3 N–H and O–H groups in total. The van der Waals surface area contributed by atoms with E-state index in [4.69, 9.17) is 9.47 Å². The van der Waals surface area contributed by atoms with E-state index in [1.165, 1.54) is 199 Å². The topological polar surface area (TPSA) is 120 Å². The van der Waals surface area contributed by atoms with Gasteiger partial charge in [0.05, 0.1) is 12.3 Å². The second kappa shape index (κ2) is 56.7. The van der Waals surface area contributed by atoms with Crippen LogP contribution in [0.2, 0.25) is 0 Å². The van der Waals surface area contributed by atoms with E-state index in [-0.39, 0.29) is 23.8 Å². The van der Waals surface area contributed by atoms with Crippen molar-refractivity contribution in [3.8, 4) is 0 Å². The van der Waals surface area contributed by atoms with E-state index < -0.39 is 6.10 Å². The Morgan fingerprint density at radius 1 is 0.410 bits per heavy atom. The van der Waals surface area contributed by atoms with Crippen LogP contribution in [0.4, 0.5) is 0 Å². The van der Waals surface area contributed by atoms with Crippen LogP contribution < -0.4 is 10.6 Å². The van der Waals surface area contributed by atoms with Crippen LogP contribution in [0.15, 0.2) is 11.4 Å². The lowest BCUT2D eigenvalue weighted by Gasteiger charge is -2.30. The lowest BCUT2D eigenvalue weighted by molar-refractivity contribution is -0.150. The first kappa shape index (κ1) is 73.8. The number of nitrogens with zero attached hydrogens (tertiary/aromatic N) is 2. The molecule has 0 radical (unpaired) electrons. The zero-order valence-electron chi connectivity index (χ0n) is 52.6. The fraction of sp³-hybridized carbons (Fsp3) is 0.926. The van der Waals surface area contributed by atoms with E-state index in [9.17, 15) is 19.5 Å². The maximum absolute atomic E-state index is 13.0. The van der Waals surface area contributed by atoms with Gasteiger partial charge in [0.25, 0.3) is 0 Å². The van der Waals surface area contributed by atoms with Crippen LogP contribution in [0.25, 0.3) is 0 Å². The van der Waals surface area contributed by atoms with Crippen LogP contribution >= 0.6 is 0 Å². The van der Waals surface area contributed by atoms with Crippen molar-refractivity contribution < 1.29 is 29.0 Å². The summed E-state index contributed by atoms with van der Waals surface area (Å²) in [4.78, 5) is 43.5. The van der Waals surface area contributed by atoms with Gasteiger partial charge in [-0.3, -0.25) is 14.4 Å². The van der Waals surface area contributed by atoms with Crippen molar-refractivity contribution in [2.75, 3.05) is 59.0 Å². The van der Waals surface area contributed by atoms with E-state index >= 15 is 0 Å². The maximum Gasteiger partial charge on any atom is 0.306 e. The van der Waals surface area contributed by atoms with Gasteiger partial charge in [-0.25, -0.2) is 0 Å². The van der Waals surface area contributed by atoms with E-state index in [1.807, 2.05) is 0 Å². The van der Waals surface area contributed by atoms with Crippen molar-refractivity contribution in [3.63, 3.8) is 0 Å². The zero-order chi connectivity index (χ0) is 56.6. The lowest BCUT2D eigenvalue weighted by Crippen LogP contribution is -2.48. The molecular weight excluding hydrogens is 969 g/mol. The number of esters is 2. The minimum absolute atomic E-state index is 0.00627. The van der Waals surface area contributed by atoms with Crippen LogP contribution in [-0.4, -0.2) is 104 Å². The molecule has 1 aliphatic rings. The molecule has 0 saturated carbocycles. The summed E-state index contributed by atoms with van der Waals surface area (Å²) in [5.41, 5.74) is 1.24. The Labute approximate surface area is 484 Å². The summed E-state index contributed by atoms with van der Waals surface area (Å²) in [5.74, 6) is -0.229. The van der Waals surface area contributed by atoms with E-state index in [0.29, 0.717) is 37.4 Å².